The van der Waals surface area contributed by atoms with E-state index < -0.39 is 0 Å². The van der Waals surface area contributed by atoms with E-state index >= 15 is 0 Å². The van der Waals surface area contributed by atoms with Gasteiger partial charge in [-0.15, -0.1) is 0 Å². The molecule has 1 aliphatic carbocycles. The van der Waals surface area contributed by atoms with Crippen molar-refractivity contribution in [2.75, 3.05) is 6.54 Å². The molecule has 1 nitrogen and oxygen atoms in total. The third kappa shape index (κ3) is 3.97. The maximum atomic E-state index is 4.00. The predicted octanol–water partition coefficient (Wildman–Crippen LogP) is 3.02. The van der Waals surface area contributed by atoms with Gasteiger partial charge in [-0.3, -0.25) is 0 Å². The maximum Gasteiger partial charge on any atom is 0.0363 e. The van der Waals surface area contributed by atoms with Crippen molar-refractivity contribution in [2.24, 2.45) is 5.92 Å². The average Bonchev–Trinajstić information content (AvgIpc) is 2.51. The van der Waals surface area contributed by atoms with Gasteiger partial charge < -0.3 is 5.32 Å². The topological polar surface area (TPSA) is 12.0 Å². The van der Waals surface area contributed by atoms with Crippen LogP contribution < -0.4 is 5.32 Å². The minimum absolute atomic E-state index is 0.690. The van der Waals surface area contributed by atoms with Crippen LogP contribution in [0.15, 0.2) is 36.1 Å². The van der Waals surface area contributed by atoms with Gasteiger partial charge in [-0.1, -0.05) is 38.7 Å². The molecule has 1 aliphatic rings. The Morgan fingerprint density at radius 3 is 2.92 bits per heavy atom. The first-order chi connectivity index (χ1) is 6.18. The largest absolute Gasteiger partial charge is 0.385 e. The molecule has 0 bridgehead atoms. The summed E-state index contributed by atoms with van der Waals surface area (Å²) in [4.78, 5) is 0. The lowest BCUT2D eigenvalue weighted by Crippen LogP contribution is -2.16. The van der Waals surface area contributed by atoms with Crippen LogP contribution in [0, 0.1) is 5.92 Å². The van der Waals surface area contributed by atoms with Crippen LogP contribution in [0.3, 0.4) is 0 Å². The van der Waals surface area contributed by atoms with E-state index in [9.17, 15) is 0 Å². The second-order valence-electron chi connectivity index (χ2n) is 4.01. The third-order valence-corrected chi connectivity index (χ3v) is 2.07. The van der Waals surface area contributed by atoms with E-state index in [-0.39, 0.29) is 0 Å². The van der Waals surface area contributed by atoms with Crippen molar-refractivity contribution < 1.29 is 0 Å². The summed E-state index contributed by atoms with van der Waals surface area (Å²) in [5, 5.41) is 3.35. The van der Waals surface area contributed by atoms with Gasteiger partial charge in [-0.25, -0.2) is 0 Å². The van der Waals surface area contributed by atoms with E-state index in [1.165, 1.54) is 5.57 Å². The van der Waals surface area contributed by atoms with Gasteiger partial charge in [0.25, 0.3) is 0 Å². The van der Waals surface area contributed by atoms with Gasteiger partial charge in [0.05, 0.1) is 0 Å². The lowest BCUT2D eigenvalue weighted by atomic mass is 10.1. The van der Waals surface area contributed by atoms with E-state index in [0.717, 1.165) is 25.1 Å². The number of hydrogen-bond acceptors (Lipinski definition) is 1. The standard InChI is InChI=1S/C12H19N/c1-10(2)8-11(3)13-9-12-6-4-5-7-12/h4-6,10,13H,3,7-9H2,1-2H3. The molecule has 13 heavy (non-hydrogen) atoms. The average molecular weight is 177 g/mol. The molecule has 72 valence electrons. The molecule has 0 aliphatic heterocycles. The summed E-state index contributed by atoms with van der Waals surface area (Å²) >= 11 is 0. The van der Waals surface area contributed by atoms with E-state index in [1.807, 2.05) is 0 Å². The Morgan fingerprint density at radius 1 is 1.62 bits per heavy atom. The SMILES string of the molecule is C=C(CC(C)C)NCC1=CC=CC1. The summed E-state index contributed by atoms with van der Waals surface area (Å²) in [6, 6.07) is 0. The summed E-state index contributed by atoms with van der Waals surface area (Å²) in [5.74, 6) is 0.690. The van der Waals surface area contributed by atoms with Gasteiger partial charge in [0.15, 0.2) is 0 Å². The molecule has 0 atom stereocenters. The van der Waals surface area contributed by atoms with Crippen LogP contribution in [0.5, 0.6) is 0 Å². The van der Waals surface area contributed by atoms with E-state index in [0.29, 0.717) is 5.92 Å². The molecule has 0 saturated carbocycles. The highest BCUT2D eigenvalue weighted by Crippen LogP contribution is 2.10. The molecule has 1 rings (SSSR count). The Balaban J connectivity index is 2.15. The summed E-state index contributed by atoms with van der Waals surface area (Å²) < 4.78 is 0. The normalized spacial score (nSPS) is 14.8. The summed E-state index contributed by atoms with van der Waals surface area (Å²) in [6.45, 7) is 9.38. The highest BCUT2D eigenvalue weighted by Gasteiger charge is 2.01. The lowest BCUT2D eigenvalue weighted by molar-refractivity contribution is 0.610. The number of allylic oxidation sites excluding steroid dienone is 4. The van der Waals surface area contributed by atoms with Gasteiger partial charge in [0.1, 0.15) is 0 Å². The van der Waals surface area contributed by atoms with Gasteiger partial charge in [-0.2, -0.15) is 0 Å². The molecule has 1 N–H and O–H groups in total. The number of nitrogens with one attached hydrogen (secondary N) is 1. The van der Waals surface area contributed by atoms with Crippen molar-refractivity contribution >= 4 is 0 Å². The molecular formula is C12H19N. The molecule has 0 fully saturated rings. The molecular weight excluding hydrogens is 158 g/mol. The van der Waals surface area contributed by atoms with Gasteiger partial charge >= 0.3 is 0 Å². The fraction of sp³-hybridized carbons (Fsp3) is 0.500. The Bertz CT molecular complexity index is 234. The van der Waals surface area contributed by atoms with Crippen LogP contribution in [-0.4, -0.2) is 6.54 Å². The molecule has 0 aromatic rings. The molecule has 0 aromatic carbocycles. The Hall–Kier alpha value is -0.980. The molecule has 0 heterocycles. The first kappa shape index (κ1) is 10.1. The van der Waals surface area contributed by atoms with E-state index in [2.05, 4.69) is 44.0 Å². The lowest BCUT2D eigenvalue weighted by Gasteiger charge is -2.11. The van der Waals surface area contributed by atoms with Crippen LogP contribution in [-0.2, 0) is 0 Å². The van der Waals surface area contributed by atoms with Crippen LogP contribution in [0.4, 0.5) is 0 Å². The monoisotopic (exact) mass is 177 g/mol. The van der Waals surface area contributed by atoms with Gasteiger partial charge in [0.2, 0.25) is 0 Å². The second-order valence-corrected chi connectivity index (χ2v) is 4.01. The van der Waals surface area contributed by atoms with E-state index in [4.69, 9.17) is 0 Å². The molecule has 0 radical (unpaired) electrons. The van der Waals surface area contributed by atoms with Crippen LogP contribution in [0.1, 0.15) is 26.7 Å². The summed E-state index contributed by atoms with van der Waals surface area (Å²) in [7, 11) is 0. The molecule has 0 amide bonds. The first-order valence-corrected chi connectivity index (χ1v) is 4.94. The smallest absolute Gasteiger partial charge is 0.0363 e. The zero-order valence-corrected chi connectivity index (χ0v) is 8.64. The quantitative estimate of drug-likeness (QED) is 0.680. The number of hydrogen-bond donors (Lipinski definition) is 1. The highest BCUT2D eigenvalue weighted by molar-refractivity contribution is 5.24. The van der Waals surface area contributed by atoms with Gasteiger partial charge in [-0.05, 0) is 24.3 Å². The Morgan fingerprint density at radius 2 is 2.38 bits per heavy atom. The minimum atomic E-state index is 0.690. The molecule has 0 saturated heterocycles. The zero-order chi connectivity index (χ0) is 9.68. The van der Waals surface area contributed by atoms with Crippen molar-refractivity contribution in [3.63, 3.8) is 0 Å². The summed E-state index contributed by atoms with van der Waals surface area (Å²) in [5.41, 5.74) is 2.60. The Kier molecular flexibility index (Phi) is 3.81. The van der Waals surface area contributed by atoms with E-state index in [1.54, 1.807) is 0 Å². The van der Waals surface area contributed by atoms with Crippen molar-refractivity contribution in [3.05, 3.63) is 36.1 Å². The Labute approximate surface area is 81.2 Å². The fourth-order valence-corrected chi connectivity index (χ4v) is 1.43. The summed E-state index contributed by atoms with van der Waals surface area (Å²) in [6.07, 6.45) is 8.64. The van der Waals surface area contributed by atoms with Gasteiger partial charge in [0, 0.05) is 12.2 Å². The predicted molar refractivity (Wildman–Crippen MR) is 58.4 cm³/mol. The highest BCUT2D eigenvalue weighted by atomic mass is 14.9. The van der Waals surface area contributed by atoms with Crippen LogP contribution >= 0.6 is 0 Å². The maximum absolute atomic E-state index is 4.00. The first-order valence-electron chi connectivity index (χ1n) is 4.94. The second kappa shape index (κ2) is 4.90. The third-order valence-electron chi connectivity index (χ3n) is 2.07. The molecule has 0 unspecified atom stereocenters. The zero-order valence-electron chi connectivity index (χ0n) is 8.64. The van der Waals surface area contributed by atoms with Crippen molar-refractivity contribution in [2.45, 2.75) is 26.7 Å². The molecule has 0 spiro atoms. The van der Waals surface area contributed by atoms with Crippen molar-refractivity contribution in [1.82, 2.24) is 5.32 Å². The van der Waals surface area contributed by atoms with Crippen molar-refractivity contribution in [1.29, 1.82) is 0 Å². The minimum Gasteiger partial charge on any atom is -0.385 e. The van der Waals surface area contributed by atoms with Crippen LogP contribution in [0.25, 0.3) is 0 Å². The fourth-order valence-electron chi connectivity index (χ4n) is 1.43. The number of rotatable bonds is 5. The molecule has 0 aromatic heterocycles. The molecule has 1 heteroatoms. The van der Waals surface area contributed by atoms with Crippen LogP contribution in [0.2, 0.25) is 0 Å². The van der Waals surface area contributed by atoms with Crippen molar-refractivity contribution in [3.8, 4) is 0 Å².